The number of H-pyrrole nitrogens is 1. The molecule has 0 aliphatic rings. The summed E-state index contributed by atoms with van der Waals surface area (Å²) in [6.45, 7) is 4.23. The van der Waals surface area contributed by atoms with Crippen molar-refractivity contribution in [1.29, 1.82) is 0 Å². The molecule has 1 aromatic carbocycles. The highest BCUT2D eigenvalue weighted by atomic mass is 32.2. The minimum atomic E-state index is 0.351. The molecule has 1 aromatic heterocycles. The van der Waals surface area contributed by atoms with E-state index in [-0.39, 0.29) is 0 Å². The van der Waals surface area contributed by atoms with E-state index in [0.29, 0.717) is 6.04 Å². The predicted octanol–water partition coefficient (Wildman–Crippen LogP) is 3.48. The highest BCUT2D eigenvalue weighted by Gasteiger charge is 2.04. The van der Waals surface area contributed by atoms with Gasteiger partial charge in [0.05, 0.1) is 11.0 Å². The Hall–Kier alpha value is -1.00. The van der Waals surface area contributed by atoms with Crippen molar-refractivity contribution in [3.8, 4) is 0 Å². The summed E-state index contributed by atoms with van der Waals surface area (Å²) in [6.07, 6.45) is 3.31. The quantitative estimate of drug-likeness (QED) is 0.619. The lowest BCUT2D eigenvalue weighted by atomic mass is 10.1. The number of hydrogen-bond acceptors (Lipinski definition) is 3. The normalized spacial score (nSPS) is 13.1. The van der Waals surface area contributed by atoms with E-state index in [9.17, 15) is 0 Å². The molecule has 1 heterocycles. The van der Waals surface area contributed by atoms with Crippen LogP contribution in [0, 0.1) is 6.92 Å². The van der Waals surface area contributed by atoms with Gasteiger partial charge in [0.2, 0.25) is 0 Å². The summed E-state index contributed by atoms with van der Waals surface area (Å²) < 4.78 is 0. The molecular formula is C14H21N3S. The van der Waals surface area contributed by atoms with Gasteiger partial charge in [-0.05, 0) is 43.9 Å². The number of benzene rings is 1. The third-order valence-corrected chi connectivity index (χ3v) is 4.06. The number of aromatic nitrogens is 2. The van der Waals surface area contributed by atoms with Crippen LogP contribution < -0.4 is 5.73 Å². The second-order valence-electron chi connectivity index (χ2n) is 4.72. The molecule has 0 amide bonds. The zero-order valence-electron chi connectivity index (χ0n) is 11.1. The molecule has 0 saturated heterocycles. The van der Waals surface area contributed by atoms with Gasteiger partial charge >= 0.3 is 0 Å². The van der Waals surface area contributed by atoms with Gasteiger partial charge in [0.1, 0.15) is 0 Å². The minimum Gasteiger partial charge on any atom is -0.333 e. The van der Waals surface area contributed by atoms with Crippen LogP contribution in [0.4, 0.5) is 0 Å². The number of nitrogens with two attached hydrogens (primary N) is 1. The first-order valence-electron chi connectivity index (χ1n) is 6.53. The summed E-state index contributed by atoms with van der Waals surface area (Å²) in [5.41, 5.74) is 9.34. The van der Waals surface area contributed by atoms with E-state index < -0.39 is 0 Å². The molecule has 4 heteroatoms. The molecular weight excluding hydrogens is 242 g/mol. The first kappa shape index (κ1) is 13.4. The fourth-order valence-corrected chi connectivity index (χ4v) is 2.74. The number of thioether (sulfide) groups is 1. The average molecular weight is 263 g/mol. The highest BCUT2D eigenvalue weighted by molar-refractivity contribution is 7.99. The van der Waals surface area contributed by atoms with Crippen LogP contribution in [0.5, 0.6) is 0 Å². The molecule has 3 nitrogen and oxygen atoms in total. The molecule has 0 saturated carbocycles. The predicted molar refractivity (Wildman–Crippen MR) is 79.1 cm³/mol. The van der Waals surface area contributed by atoms with Gasteiger partial charge in [-0.25, -0.2) is 4.98 Å². The highest BCUT2D eigenvalue weighted by Crippen LogP contribution is 2.21. The number of hydrogen-bond donors (Lipinski definition) is 2. The van der Waals surface area contributed by atoms with E-state index in [2.05, 4.69) is 42.0 Å². The monoisotopic (exact) mass is 263 g/mol. The van der Waals surface area contributed by atoms with Crippen LogP contribution in [0.1, 0.15) is 31.7 Å². The van der Waals surface area contributed by atoms with E-state index in [1.54, 1.807) is 11.8 Å². The Balaban J connectivity index is 1.88. The summed E-state index contributed by atoms with van der Waals surface area (Å²) in [6, 6.07) is 6.65. The molecule has 3 N–H and O–H groups in total. The van der Waals surface area contributed by atoms with Crippen molar-refractivity contribution in [3.05, 3.63) is 23.8 Å². The standard InChI is InChI=1S/C14H21N3S/c1-3-11(15)5-4-8-18-14-16-12-7-6-10(2)9-13(12)17-14/h6-7,9,11H,3-5,8,15H2,1-2H3,(H,16,17). The fraction of sp³-hybridized carbons (Fsp3) is 0.500. The Morgan fingerprint density at radius 2 is 2.28 bits per heavy atom. The molecule has 1 unspecified atom stereocenters. The number of aryl methyl sites for hydroxylation is 1. The molecule has 0 radical (unpaired) electrons. The fourth-order valence-electron chi connectivity index (χ4n) is 1.89. The minimum absolute atomic E-state index is 0.351. The number of aromatic amines is 1. The van der Waals surface area contributed by atoms with Gasteiger partial charge in [0, 0.05) is 11.8 Å². The molecule has 0 fully saturated rings. The molecule has 0 aliphatic carbocycles. The van der Waals surface area contributed by atoms with Crippen molar-refractivity contribution in [2.75, 3.05) is 5.75 Å². The molecule has 2 aromatic rings. The zero-order valence-corrected chi connectivity index (χ0v) is 11.9. The Morgan fingerprint density at radius 3 is 3.06 bits per heavy atom. The van der Waals surface area contributed by atoms with E-state index in [0.717, 1.165) is 41.2 Å². The largest absolute Gasteiger partial charge is 0.333 e. The van der Waals surface area contributed by atoms with Crippen molar-refractivity contribution in [2.24, 2.45) is 5.73 Å². The molecule has 0 spiro atoms. The van der Waals surface area contributed by atoms with Crippen molar-refractivity contribution >= 4 is 22.8 Å². The van der Waals surface area contributed by atoms with Crippen molar-refractivity contribution in [1.82, 2.24) is 9.97 Å². The Bertz CT molecular complexity index is 507. The molecule has 1 atom stereocenters. The van der Waals surface area contributed by atoms with Crippen molar-refractivity contribution in [3.63, 3.8) is 0 Å². The van der Waals surface area contributed by atoms with E-state index in [4.69, 9.17) is 5.73 Å². The molecule has 0 bridgehead atoms. The van der Waals surface area contributed by atoms with Crippen LogP contribution in [-0.2, 0) is 0 Å². The summed E-state index contributed by atoms with van der Waals surface area (Å²) in [4.78, 5) is 7.93. The summed E-state index contributed by atoms with van der Waals surface area (Å²) in [5.74, 6) is 1.08. The summed E-state index contributed by atoms with van der Waals surface area (Å²) in [7, 11) is 0. The lowest BCUT2D eigenvalue weighted by Crippen LogP contribution is -2.18. The van der Waals surface area contributed by atoms with Gasteiger partial charge in [0.15, 0.2) is 5.16 Å². The molecule has 98 valence electrons. The lowest BCUT2D eigenvalue weighted by molar-refractivity contribution is 0.589. The van der Waals surface area contributed by atoms with Crippen molar-refractivity contribution in [2.45, 2.75) is 44.3 Å². The van der Waals surface area contributed by atoms with Crippen molar-refractivity contribution < 1.29 is 0 Å². The van der Waals surface area contributed by atoms with E-state index >= 15 is 0 Å². The summed E-state index contributed by atoms with van der Waals surface area (Å²) in [5, 5.41) is 1.01. The number of nitrogens with zero attached hydrogens (tertiary/aromatic N) is 1. The topological polar surface area (TPSA) is 54.7 Å². The number of rotatable bonds is 6. The third-order valence-electron chi connectivity index (χ3n) is 3.10. The van der Waals surface area contributed by atoms with Crippen LogP contribution >= 0.6 is 11.8 Å². The maximum Gasteiger partial charge on any atom is 0.166 e. The second kappa shape index (κ2) is 6.25. The van der Waals surface area contributed by atoms with Crippen LogP contribution in [0.25, 0.3) is 11.0 Å². The average Bonchev–Trinajstić information content (AvgIpc) is 2.76. The van der Waals surface area contributed by atoms with Crippen LogP contribution in [-0.4, -0.2) is 21.8 Å². The summed E-state index contributed by atoms with van der Waals surface area (Å²) >= 11 is 1.78. The van der Waals surface area contributed by atoms with E-state index in [1.165, 1.54) is 5.56 Å². The van der Waals surface area contributed by atoms with E-state index in [1.807, 2.05) is 0 Å². The number of imidazole rings is 1. The van der Waals surface area contributed by atoms with Gasteiger partial charge in [-0.15, -0.1) is 0 Å². The van der Waals surface area contributed by atoms with Gasteiger partial charge in [-0.3, -0.25) is 0 Å². The number of nitrogens with one attached hydrogen (secondary N) is 1. The second-order valence-corrected chi connectivity index (χ2v) is 5.81. The zero-order chi connectivity index (χ0) is 13.0. The van der Waals surface area contributed by atoms with Gasteiger partial charge in [0.25, 0.3) is 0 Å². The smallest absolute Gasteiger partial charge is 0.166 e. The maximum atomic E-state index is 5.90. The SMILES string of the molecule is CCC(N)CCCSc1nc2ccc(C)cc2[nH]1. The Labute approximate surface area is 113 Å². The first-order chi connectivity index (χ1) is 8.69. The van der Waals surface area contributed by atoms with Gasteiger partial charge in [-0.2, -0.15) is 0 Å². The van der Waals surface area contributed by atoms with Crippen LogP contribution in [0.2, 0.25) is 0 Å². The van der Waals surface area contributed by atoms with Gasteiger partial charge in [-0.1, -0.05) is 24.8 Å². The lowest BCUT2D eigenvalue weighted by Gasteiger charge is -2.06. The third kappa shape index (κ3) is 3.50. The Morgan fingerprint density at radius 1 is 1.44 bits per heavy atom. The van der Waals surface area contributed by atoms with Gasteiger partial charge < -0.3 is 10.7 Å². The maximum absolute atomic E-state index is 5.90. The molecule has 0 aliphatic heterocycles. The Kier molecular flexibility index (Phi) is 4.66. The first-order valence-corrected chi connectivity index (χ1v) is 7.52. The number of fused-ring (bicyclic) bond motifs is 1. The molecule has 18 heavy (non-hydrogen) atoms. The van der Waals surface area contributed by atoms with Crippen LogP contribution in [0.15, 0.2) is 23.4 Å². The van der Waals surface area contributed by atoms with Crippen LogP contribution in [0.3, 0.4) is 0 Å². The molecule has 2 rings (SSSR count).